The highest BCUT2D eigenvalue weighted by Gasteiger charge is 2.27. The summed E-state index contributed by atoms with van der Waals surface area (Å²) in [6.07, 6.45) is 1.79. The molecule has 1 fully saturated rings. The van der Waals surface area contributed by atoms with E-state index in [1.165, 1.54) is 0 Å². The molecule has 1 aliphatic heterocycles. The Labute approximate surface area is 166 Å². The van der Waals surface area contributed by atoms with Crippen LogP contribution in [0.15, 0.2) is 48.5 Å². The van der Waals surface area contributed by atoms with E-state index in [-0.39, 0.29) is 17.7 Å². The fraction of sp³-hybridized carbons (Fsp3) is 0.391. The topological polar surface area (TPSA) is 58.6 Å². The molecule has 148 valence electrons. The first kappa shape index (κ1) is 19.9. The zero-order valence-corrected chi connectivity index (χ0v) is 16.6. The molecule has 1 N–H and O–H groups in total. The van der Waals surface area contributed by atoms with Crippen molar-refractivity contribution in [1.82, 2.24) is 4.90 Å². The second kappa shape index (κ2) is 9.40. The molecule has 1 heterocycles. The molecule has 5 heteroatoms. The molecular weight excluding hydrogens is 352 g/mol. The van der Waals surface area contributed by atoms with Gasteiger partial charge >= 0.3 is 0 Å². The molecule has 0 spiro atoms. The number of hydrogen-bond acceptors (Lipinski definition) is 3. The van der Waals surface area contributed by atoms with E-state index in [1.807, 2.05) is 67.3 Å². The van der Waals surface area contributed by atoms with Crippen LogP contribution in [0, 0.1) is 12.8 Å². The second-order valence-electron chi connectivity index (χ2n) is 7.18. The van der Waals surface area contributed by atoms with E-state index in [9.17, 15) is 9.59 Å². The van der Waals surface area contributed by atoms with Crippen molar-refractivity contribution >= 4 is 17.5 Å². The Morgan fingerprint density at radius 2 is 1.75 bits per heavy atom. The molecule has 1 saturated heterocycles. The Morgan fingerprint density at radius 1 is 1.07 bits per heavy atom. The summed E-state index contributed by atoms with van der Waals surface area (Å²) in [7, 11) is 0. The molecule has 0 aromatic heterocycles. The Morgan fingerprint density at radius 3 is 2.46 bits per heavy atom. The molecule has 0 radical (unpaired) electrons. The minimum absolute atomic E-state index is 0.00171. The van der Waals surface area contributed by atoms with Crippen LogP contribution in [0.2, 0.25) is 0 Å². The van der Waals surface area contributed by atoms with Crippen LogP contribution in [0.25, 0.3) is 0 Å². The zero-order chi connectivity index (χ0) is 19.9. The lowest BCUT2D eigenvalue weighted by molar-refractivity contribution is -0.133. The van der Waals surface area contributed by atoms with E-state index in [4.69, 9.17) is 4.74 Å². The quantitative estimate of drug-likeness (QED) is 0.829. The van der Waals surface area contributed by atoms with Gasteiger partial charge in [-0.3, -0.25) is 9.59 Å². The van der Waals surface area contributed by atoms with Crippen LogP contribution >= 0.6 is 0 Å². The Kier molecular flexibility index (Phi) is 6.69. The minimum atomic E-state index is -0.0859. The number of carbonyl (C=O) groups excluding carboxylic acids is 2. The lowest BCUT2D eigenvalue weighted by Crippen LogP contribution is -2.42. The van der Waals surface area contributed by atoms with Crippen molar-refractivity contribution in [1.29, 1.82) is 0 Å². The number of piperidine rings is 1. The minimum Gasteiger partial charge on any atom is -0.492 e. The third-order valence-electron chi connectivity index (χ3n) is 5.27. The molecule has 0 saturated carbocycles. The van der Waals surface area contributed by atoms with Gasteiger partial charge in [-0.1, -0.05) is 36.4 Å². The van der Waals surface area contributed by atoms with E-state index < -0.39 is 0 Å². The number of rotatable bonds is 6. The fourth-order valence-corrected chi connectivity index (χ4v) is 3.56. The average molecular weight is 380 g/mol. The summed E-state index contributed by atoms with van der Waals surface area (Å²) in [5.74, 6) is 0.731. The summed E-state index contributed by atoms with van der Waals surface area (Å²) in [6.45, 7) is 5.74. The maximum Gasteiger partial charge on any atom is 0.227 e. The summed E-state index contributed by atoms with van der Waals surface area (Å²) >= 11 is 0. The van der Waals surface area contributed by atoms with Gasteiger partial charge in [-0.2, -0.15) is 0 Å². The van der Waals surface area contributed by atoms with Gasteiger partial charge in [-0.15, -0.1) is 0 Å². The molecule has 0 unspecified atom stereocenters. The molecule has 0 aliphatic carbocycles. The highest BCUT2D eigenvalue weighted by Crippen LogP contribution is 2.26. The summed E-state index contributed by atoms with van der Waals surface area (Å²) in [6, 6.07) is 15.5. The second-order valence-corrected chi connectivity index (χ2v) is 7.18. The summed E-state index contributed by atoms with van der Waals surface area (Å²) in [5, 5.41) is 2.99. The summed E-state index contributed by atoms with van der Waals surface area (Å²) < 4.78 is 5.57. The molecule has 2 amide bonds. The summed E-state index contributed by atoms with van der Waals surface area (Å²) in [5.41, 5.74) is 2.91. The Balaban J connectivity index is 1.53. The van der Waals surface area contributed by atoms with Crippen molar-refractivity contribution in [3.63, 3.8) is 0 Å². The van der Waals surface area contributed by atoms with Gasteiger partial charge in [0, 0.05) is 19.0 Å². The van der Waals surface area contributed by atoms with Crippen LogP contribution < -0.4 is 10.1 Å². The van der Waals surface area contributed by atoms with Crippen LogP contribution in [0.3, 0.4) is 0 Å². The maximum absolute atomic E-state index is 12.7. The molecule has 0 bridgehead atoms. The number of hydrogen-bond donors (Lipinski definition) is 1. The molecule has 2 aromatic carbocycles. The zero-order valence-electron chi connectivity index (χ0n) is 16.6. The molecule has 5 nitrogen and oxygen atoms in total. The highest BCUT2D eigenvalue weighted by atomic mass is 16.5. The van der Waals surface area contributed by atoms with Crippen LogP contribution in [0.1, 0.15) is 30.9 Å². The van der Waals surface area contributed by atoms with E-state index in [0.717, 1.165) is 11.1 Å². The van der Waals surface area contributed by atoms with Gasteiger partial charge in [0.05, 0.1) is 18.7 Å². The molecule has 2 aromatic rings. The molecular formula is C23H28N2O3. The first-order chi connectivity index (χ1) is 13.6. The van der Waals surface area contributed by atoms with Gasteiger partial charge in [-0.25, -0.2) is 0 Å². The standard InChI is InChI=1S/C23H28N2O3/c1-3-28-21-11-7-6-10-20(21)24-23(27)18-12-14-25(15-13-18)22(26)16-19-9-5-4-8-17(19)2/h4-11,18H,3,12-16H2,1-2H3,(H,24,27). The Bertz CT molecular complexity index is 826. The van der Waals surface area contributed by atoms with Gasteiger partial charge in [0.25, 0.3) is 0 Å². The van der Waals surface area contributed by atoms with Crippen LogP contribution in [-0.4, -0.2) is 36.4 Å². The molecule has 3 rings (SSSR count). The van der Waals surface area contributed by atoms with Crippen molar-refractivity contribution in [2.24, 2.45) is 5.92 Å². The third kappa shape index (κ3) is 4.91. The number of aryl methyl sites for hydroxylation is 1. The largest absolute Gasteiger partial charge is 0.492 e. The van der Waals surface area contributed by atoms with Crippen LogP contribution in [0.4, 0.5) is 5.69 Å². The number of anilines is 1. The number of ether oxygens (including phenoxy) is 1. The number of carbonyl (C=O) groups is 2. The molecule has 0 atom stereocenters. The first-order valence-electron chi connectivity index (χ1n) is 9.93. The smallest absolute Gasteiger partial charge is 0.227 e. The lowest BCUT2D eigenvalue weighted by Gasteiger charge is -2.31. The van der Waals surface area contributed by atoms with E-state index >= 15 is 0 Å². The van der Waals surface area contributed by atoms with Crippen molar-refractivity contribution in [3.05, 3.63) is 59.7 Å². The number of benzene rings is 2. The van der Waals surface area contributed by atoms with Crippen molar-refractivity contribution in [3.8, 4) is 5.75 Å². The first-order valence-corrected chi connectivity index (χ1v) is 9.93. The van der Waals surface area contributed by atoms with E-state index in [2.05, 4.69) is 5.32 Å². The lowest BCUT2D eigenvalue weighted by atomic mass is 9.95. The van der Waals surface area contributed by atoms with Gasteiger partial charge in [-0.05, 0) is 49.9 Å². The predicted octanol–water partition coefficient (Wildman–Crippen LogP) is 3.81. The van der Waals surface area contributed by atoms with Gasteiger partial charge in [0.2, 0.25) is 11.8 Å². The van der Waals surface area contributed by atoms with E-state index in [0.29, 0.717) is 50.4 Å². The highest BCUT2D eigenvalue weighted by molar-refractivity contribution is 5.94. The van der Waals surface area contributed by atoms with Crippen LogP contribution in [0.5, 0.6) is 5.75 Å². The van der Waals surface area contributed by atoms with Crippen LogP contribution in [-0.2, 0) is 16.0 Å². The number of nitrogens with one attached hydrogen (secondary N) is 1. The number of amides is 2. The summed E-state index contributed by atoms with van der Waals surface area (Å²) in [4.78, 5) is 27.2. The molecule has 1 aliphatic rings. The fourth-order valence-electron chi connectivity index (χ4n) is 3.56. The number of para-hydroxylation sites is 2. The van der Waals surface area contributed by atoms with Gasteiger partial charge in [0.15, 0.2) is 0 Å². The van der Waals surface area contributed by atoms with Crippen molar-refractivity contribution in [2.75, 3.05) is 25.0 Å². The third-order valence-corrected chi connectivity index (χ3v) is 5.27. The maximum atomic E-state index is 12.7. The van der Waals surface area contributed by atoms with Gasteiger partial charge in [0.1, 0.15) is 5.75 Å². The SMILES string of the molecule is CCOc1ccccc1NC(=O)C1CCN(C(=O)Cc2ccccc2C)CC1. The predicted molar refractivity (Wildman–Crippen MR) is 110 cm³/mol. The van der Waals surface area contributed by atoms with Crippen molar-refractivity contribution < 1.29 is 14.3 Å². The Hall–Kier alpha value is -2.82. The monoisotopic (exact) mass is 380 g/mol. The van der Waals surface area contributed by atoms with Gasteiger partial charge < -0.3 is 15.0 Å². The number of likely N-dealkylation sites (tertiary alicyclic amines) is 1. The van der Waals surface area contributed by atoms with E-state index in [1.54, 1.807) is 0 Å². The number of nitrogens with zero attached hydrogens (tertiary/aromatic N) is 1. The van der Waals surface area contributed by atoms with Crippen molar-refractivity contribution in [2.45, 2.75) is 33.1 Å². The normalized spacial score (nSPS) is 14.6. The molecule has 28 heavy (non-hydrogen) atoms. The average Bonchev–Trinajstić information content (AvgIpc) is 2.71.